The molecule has 3 aromatic carbocycles. The number of aliphatic hydroxyl groups excluding tert-OH is 1. The van der Waals surface area contributed by atoms with Crippen molar-refractivity contribution in [1.82, 2.24) is 4.98 Å². The minimum absolute atomic E-state index is 0.0361. The number of thiazole rings is 1. The van der Waals surface area contributed by atoms with Gasteiger partial charge in [0.1, 0.15) is 23.4 Å². The highest BCUT2D eigenvalue weighted by molar-refractivity contribution is 7.22. The number of carbonyl (C=O) groups is 2. The number of amides is 1. The zero-order valence-corrected chi connectivity index (χ0v) is 24.2. The lowest BCUT2D eigenvalue weighted by molar-refractivity contribution is -0.132. The number of fused-ring (bicyclic) bond motifs is 2. The Bertz CT molecular complexity index is 1670. The average Bonchev–Trinajstić information content (AvgIpc) is 3.63. The fraction of sp³-hybridized carbons (Fsp3) is 0.303. The maximum absolute atomic E-state index is 13.6. The van der Waals surface area contributed by atoms with Crippen LogP contribution in [0.1, 0.15) is 61.4 Å². The van der Waals surface area contributed by atoms with Gasteiger partial charge in [0.15, 0.2) is 5.13 Å². The molecule has 0 spiro atoms. The Hall–Kier alpha value is -4.17. The smallest absolute Gasteiger partial charge is 0.301 e. The van der Waals surface area contributed by atoms with Gasteiger partial charge >= 0.3 is 5.91 Å². The summed E-state index contributed by atoms with van der Waals surface area (Å²) < 4.78 is 12.6. The van der Waals surface area contributed by atoms with E-state index >= 15 is 0 Å². The van der Waals surface area contributed by atoms with E-state index in [0.717, 1.165) is 46.4 Å². The van der Waals surface area contributed by atoms with Crippen LogP contribution in [0, 0.1) is 6.92 Å². The van der Waals surface area contributed by atoms with E-state index in [1.165, 1.54) is 16.2 Å². The van der Waals surface area contributed by atoms with Gasteiger partial charge in [-0.25, -0.2) is 4.98 Å². The van der Waals surface area contributed by atoms with Gasteiger partial charge in [-0.05, 0) is 79.4 Å². The number of Topliss-reactive ketones (excluding diaryl/α,β-unsaturated/α-hetero) is 1. The third-order valence-corrected chi connectivity index (χ3v) is 8.58. The van der Waals surface area contributed by atoms with Gasteiger partial charge < -0.3 is 14.6 Å². The van der Waals surface area contributed by atoms with Crippen LogP contribution in [0.4, 0.5) is 5.13 Å². The highest BCUT2D eigenvalue weighted by Gasteiger charge is 2.48. The molecule has 2 atom stereocenters. The Morgan fingerprint density at radius 1 is 1.10 bits per heavy atom. The molecule has 1 N–H and O–H groups in total. The monoisotopic (exact) mass is 568 g/mol. The number of aliphatic hydroxyl groups is 1. The Morgan fingerprint density at radius 2 is 1.90 bits per heavy atom. The van der Waals surface area contributed by atoms with Crippen molar-refractivity contribution in [2.75, 3.05) is 11.5 Å². The van der Waals surface area contributed by atoms with E-state index in [9.17, 15) is 14.7 Å². The molecule has 41 heavy (non-hydrogen) atoms. The summed E-state index contributed by atoms with van der Waals surface area (Å²) in [5, 5.41) is 12.0. The van der Waals surface area contributed by atoms with Gasteiger partial charge in [-0.1, -0.05) is 49.3 Å². The first-order chi connectivity index (χ1) is 19.8. The summed E-state index contributed by atoms with van der Waals surface area (Å²) in [6.07, 6.45) is 3.93. The largest absolute Gasteiger partial charge is 0.507 e. The van der Waals surface area contributed by atoms with Crippen LogP contribution < -0.4 is 14.4 Å². The van der Waals surface area contributed by atoms with Gasteiger partial charge in [0, 0.05) is 12.0 Å². The molecule has 2 aliphatic heterocycles. The van der Waals surface area contributed by atoms with Crippen molar-refractivity contribution in [2.24, 2.45) is 0 Å². The fourth-order valence-corrected chi connectivity index (χ4v) is 6.57. The first-order valence-corrected chi connectivity index (χ1v) is 14.9. The number of ether oxygens (including phenoxy) is 2. The molecule has 0 unspecified atom stereocenters. The van der Waals surface area contributed by atoms with Crippen molar-refractivity contribution < 1.29 is 24.2 Å². The summed E-state index contributed by atoms with van der Waals surface area (Å²) in [7, 11) is 0. The molecule has 7 nitrogen and oxygen atoms in total. The lowest BCUT2D eigenvalue weighted by Crippen LogP contribution is -2.29. The van der Waals surface area contributed by atoms with Gasteiger partial charge in [-0.15, -0.1) is 0 Å². The molecule has 2 aliphatic rings. The normalized spacial score (nSPS) is 19.5. The molecule has 1 aromatic heterocycles. The molecule has 3 heterocycles. The Kier molecular flexibility index (Phi) is 7.26. The number of carbonyl (C=O) groups excluding carboxylic acids is 2. The molecular weight excluding hydrogens is 536 g/mol. The number of benzene rings is 3. The number of unbranched alkanes of at least 4 members (excludes halogenated alkanes) is 2. The third-order valence-electron chi connectivity index (χ3n) is 7.57. The van der Waals surface area contributed by atoms with Crippen molar-refractivity contribution in [2.45, 2.75) is 58.6 Å². The van der Waals surface area contributed by atoms with Gasteiger partial charge in [0.05, 0.1) is 28.4 Å². The lowest BCUT2D eigenvalue weighted by atomic mass is 9.94. The highest BCUT2D eigenvalue weighted by atomic mass is 32.1. The molecule has 1 amide bonds. The molecule has 4 aromatic rings. The van der Waals surface area contributed by atoms with E-state index in [2.05, 4.69) is 6.92 Å². The van der Waals surface area contributed by atoms with Crippen LogP contribution in [0.3, 0.4) is 0 Å². The summed E-state index contributed by atoms with van der Waals surface area (Å²) in [5.41, 5.74) is 3.98. The second-order valence-corrected chi connectivity index (χ2v) is 11.7. The molecule has 6 rings (SSSR count). The SMILES string of the molecule is CCCCCOc1ccc([C@@H]2C(=C(O)c3ccc4c(c3)C[C@@H](C)O4)C(=O)C(=O)N2c2nc3ccc(C)cc3s2)cc1. The number of hydrogen-bond donors (Lipinski definition) is 1. The van der Waals surface area contributed by atoms with Crippen molar-refractivity contribution in [3.63, 3.8) is 0 Å². The molecule has 210 valence electrons. The number of aromatic nitrogens is 1. The Labute approximate surface area is 243 Å². The Balaban J connectivity index is 1.44. The van der Waals surface area contributed by atoms with E-state index in [-0.39, 0.29) is 17.4 Å². The molecule has 0 bridgehead atoms. The van der Waals surface area contributed by atoms with Crippen LogP contribution >= 0.6 is 11.3 Å². The highest BCUT2D eigenvalue weighted by Crippen LogP contribution is 2.45. The van der Waals surface area contributed by atoms with Crippen LogP contribution in [-0.4, -0.2) is 34.5 Å². The standard InChI is InChI=1S/C33H32N2O5S/c1-4-5-6-15-39-24-11-8-21(9-12-24)29-28(30(36)22-10-14-26-23(18-22)17-20(3)40-26)31(37)32(38)35(29)33-34-25-13-7-19(2)16-27(25)41-33/h7-14,16,18,20,29,36H,4-6,15,17H2,1-3H3/t20-,29-/m1/s1. The zero-order valence-electron chi connectivity index (χ0n) is 23.3. The molecule has 0 saturated carbocycles. The summed E-state index contributed by atoms with van der Waals surface area (Å²) in [6.45, 7) is 6.76. The van der Waals surface area contributed by atoms with Gasteiger partial charge in [-0.2, -0.15) is 0 Å². The zero-order chi connectivity index (χ0) is 28.7. The van der Waals surface area contributed by atoms with E-state index in [1.807, 2.05) is 62.4 Å². The van der Waals surface area contributed by atoms with Gasteiger partial charge in [0.25, 0.3) is 5.78 Å². The molecule has 1 fully saturated rings. The average molecular weight is 569 g/mol. The molecule has 1 saturated heterocycles. The van der Waals surface area contributed by atoms with Crippen molar-refractivity contribution in [1.29, 1.82) is 0 Å². The second-order valence-electron chi connectivity index (χ2n) is 10.7. The lowest BCUT2D eigenvalue weighted by Gasteiger charge is -2.23. The minimum atomic E-state index is -0.853. The van der Waals surface area contributed by atoms with Crippen LogP contribution in [0.5, 0.6) is 11.5 Å². The van der Waals surface area contributed by atoms with Crippen LogP contribution in [0.15, 0.2) is 66.2 Å². The predicted molar refractivity (Wildman–Crippen MR) is 161 cm³/mol. The summed E-state index contributed by atoms with van der Waals surface area (Å²) in [4.78, 5) is 33.4. The first kappa shape index (κ1) is 27.0. The van der Waals surface area contributed by atoms with Crippen LogP contribution in [-0.2, 0) is 16.0 Å². The maximum atomic E-state index is 13.6. The summed E-state index contributed by atoms with van der Waals surface area (Å²) in [5.74, 6) is -0.191. The van der Waals surface area contributed by atoms with E-state index in [4.69, 9.17) is 14.5 Å². The summed E-state index contributed by atoms with van der Waals surface area (Å²) in [6, 6.07) is 17.8. The number of rotatable bonds is 8. The van der Waals surface area contributed by atoms with Gasteiger partial charge in [-0.3, -0.25) is 14.5 Å². The number of nitrogens with zero attached hydrogens (tertiary/aromatic N) is 2. The van der Waals surface area contributed by atoms with Crippen molar-refractivity contribution in [3.8, 4) is 11.5 Å². The minimum Gasteiger partial charge on any atom is -0.507 e. The van der Waals surface area contributed by atoms with E-state index in [1.54, 1.807) is 12.1 Å². The topological polar surface area (TPSA) is 89.0 Å². The summed E-state index contributed by atoms with van der Waals surface area (Å²) >= 11 is 1.35. The number of hydrogen-bond acceptors (Lipinski definition) is 7. The fourth-order valence-electron chi connectivity index (χ4n) is 5.48. The van der Waals surface area contributed by atoms with Crippen LogP contribution in [0.2, 0.25) is 0 Å². The van der Waals surface area contributed by atoms with E-state index < -0.39 is 17.7 Å². The number of ketones is 1. The molecule has 8 heteroatoms. The number of aryl methyl sites for hydroxylation is 1. The predicted octanol–water partition coefficient (Wildman–Crippen LogP) is 7.12. The molecular formula is C33H32N2O5S. The first-order valence-electron chi connectivity index (χ1n) is 14.0. The Morgan fingerprint density at radius 3 is 2.68 bits per heavy atom. The van der Waals surface area contributed by atoms with E-state index in [0.29, 0.717) is 35.0 Å². The molecule has 0 aliphatic carbocycles. The number of anilines is 1. The van der Waals surface area contributed by atoms with Crippen molar-refractivity contribution >= 4 is 44.1 Å². The van der Waals surface area contributed by atoms with Crippen LogP contribution in [0.25, 0.3) is 16.0 Å². The molecule has 0 radical (unpaired) electrons. The maximum Gasteiger partial charge on any atom is 0.301 e. The third kappa shape index (κ3) is 5.08. The van der Waals surface area contributed by atoms with Gasteiger partial charge in [0.2, 0.25) is 0 Å². The second kappa shape index (κ2) is 11.0. The van der Waals surface area contributed by atoms with Crippen molar-refractivity contribution in [3.05, 3.63) is 88.5 Å². The quantitative estimate of drug-likeness (QED) is 0.105.